The summed E-state index contributed by atoms with van der Waals surface area (Å²) in [6.45, 7) is 0.207. The summed E-state index contributed by atoms with van der Waals surface area (Å²) in [6.07, 6.45) is -0.551. The Labute approximate surface area is 123 Å². The maximum Gasteiger partial charge on any atom is 0.412 e. The summed E-state index contributed by atoms with van der Waals surface area (Å²) < 4.78 is 15.5. The maximum absolute atomic E-state index is 11.8. The minimum Gasteiger partial charge on any atom is -0.497 e. The van der Waals surface area contributed by atoms with Crippen LogP contribution in [0.25, 0.3) is 0 Å². The number of ether oxygens (including phenoxy) is 3. The molecule has 5 heteroatoms. The molecule has 2 rings (SSSR count). The second kappa shape index (κ2) is 7.19. The van der Waals surface area contributed by atoms with Crippen LogP contribution in [0, 0.1) is 0 Å². The SMILES string of the molecule is COc1ccc(OC)c(NC(=O)OCc2ccccc2)c1. The molecule has 0 unspecified atom stereocenters. The van der Waals surface area contributed by atoms with E-state index in [1.54, 1.807) is 25.3 Å². The molecule has 0 aromatic heterocycles. The molecule has 0 fully saturated rings. The Bertz CT molecular complexity index is 598. The van der Waals surface area contributed by atoms with E-state index in [0.717, 1.165) is 5.56 Å². The van der Waals surface area contributed by atoms with Crippen molar-refractivity contribution in [2.45, 2.75) is 6.61 Å². The summed E-state index contributed by atoms with van der Waals surface area (Å²) in [5, 5.41) is 2.64. The molecule has 2 aromatic carbocycles. The summed E-state index contributed by atoms with van der Waals surface area (Å²) in [6, 6.07) is 14.6. The van der Waals surface area contributed by atoms with Crippen LogP contribution in [0.4, 0.5) is 10.5 Å². The topological polar surface area (TPSA) is 56.8 Å². The van der Waals surface area contributed by atoms with E-state index in [4.69, 9.17) is 14.2 Å². The van der Waals surface area contributed by atoms with Crippen molar-refractivity contribution in [3.63, 3.8) is 0 Å². The van der Waals surface area contributed by atoms with Crippen molar-refractivity contribution in [1.29, 1.82) is 0 Å². The van der Waals surface area contributed by atoms with Crippen LogP contribution in [0.2, 0.25) is 0 Å². The van der Waals surface area contributed by atoms with Crippen molar-refractivity contribution >= 4 is 11.8 Å². The maximum atomic E-state index is 11.8. The van der Waals surface area contributed by atoms with Gasteiger partial charge in [0.05, 0.1) is 19.9 Å². The van der Waals surface area contributed by atoms with Gasteiger partial charge in [0, 0.05) is 6.07 Å². The first-order valence-electron chi connectivity index (χ1n) is 6.42. The van der Waals surface area contributed by atoms with E-state index in [9.17, 15) is 4.79 Å². The fourth-order valence-corrected chi connectivity index (χ4v) is 1.78. The highest BCUT2D eigenvalue weighted by Crippen LogP contribution is 2.28. The largest absolute Gasteiger partial charge is 0.497 e. The van der Waals surface area contributed by atoms with Gasteiger partial charge < -0.3 is 14.2 Å². The van der Waals surface area contributed by atoms with Gasteiger partial charge in [-0.2, -0.15) is 0 Å². The van der Waals surface area contributed by atoms with Gasteiger partial charge in [0.1, 0.15) is 18.1 Å². The summed E-state index contributed by atoms with van der Waals surface area (Å²) in [7, 11) is 3.08. The zero-order chi connectivity index (χ0) is 15.1. The van der Waals surface area contributed by atoms with E-state index in [2.05, 4.69) is 5.32 Å². The number of anilines is 1. The van der Waals surface area contributed by atoms with Crippen LogP contribution in [0.3, 0.4) is 0 Å². The van der Waals surface area contributed by atoms with Crippen molar-refractivity contribution in [3.05, 3.63) is 54.1 Å². The van der Waals surface area contributed by atoms with E-state index in [1.807, 2.05) is 30.3 Å². The number of carbonyl (C=O) groups is 1. The van der Waals surface area contributed by atoms with E-state index in [1.165, 1.54) is 7.11 Å². The highest BCUT2D eigenvalue weighted by Gasteiger charge is 2.10. The predicted octanol–water partition coefficient (Wildman–Crippen LogP) is 3.45. The summed E-state index contributed by atoms with van der Waals surface area (Å²) >= 11 is 0. The van der Waals surface area contributed by atoms with Gasteiger partial charge >= 0.3 is 6.09 Å². The average molecular weight is 287 g/mol. The quantitative estimate of drug-likeness (QED) is 0.915. The van der Waals surface area contributed by atoms with Crippen molar-refractivity contribution < 1.29 is 19.0 Å². The van der Waals surface area contributed by atoms with Crippen LogP contribution >= 0.6 is 0 Å². The number of hydrogen-bond donors (Lipinski definition) is 1. The lowest BCUT2D eigenvalue weighted by Crippen LogP contribution is -2.14. The lowest BCUT2D eigenvalue weighted by Gasteiger charge is -2.12. The summed E-state index contributed by atoms with van der Waals surface area (Å²) in [5.74, 6) is 1.15. The third-order valence-corrected chi connectivity index (χ3v) is 2.86. The van der Waals surface area contributed by atoms with Gasteiger partial charge in [-0.3, -0.25) is 5.32 Å². The normalized spacial score (nSPS) is 9.81. The molecule has 0 aliphatic carbocycles. The molecule has 0 aliphatic heterocycles. The smallest absolute Gasteiger partial charge is 0.412 e. The summed E-state index contributed by atoms with van der Waals surface area (Å²) in [5.41, 5.74) is 1.42. The Morgan fingerprint density at radius 3 is 2.48 bits per heavy atom. The van der Waals surface area contributed by atoms with Crippen LogP contribution in [-0.2, 0) is 11.3 Å². The van der Waals surface area contributed by atoms with Gasteiger partial charge in [-0.1, -0.05) is 30.3 Å². The first-order chi connectivity index (χ1) is 10.2. The molecule has 0 saturated heterocycles. The molecule has 110 valence electrons. The minimum absolute atomic E-state index is 0.207. The van der Waals surface area contributed by atoms with E-state index in [0.29, 0.717) is 17.2 Å². The molecule has 0 bridgehead atoms. The standard InChI is InChI=1S/C16H17NO4/c1-19-13-8-9-15(20-2)14(10-13)17-16(18)21-11-12-6-4-3-5-7-12/h3-10H,11H2,1-2H3,(H,17,18). The number of hydrogen-bond acceptors (Lipinski definition) is 4. The first-order valence-corrected chi connectivity index (χ1v) is 6.42. The van der Waals surface area contributed by atoms with Crippen LogP contribution in [0.1, 0.15) is 5.56 Å². The Morgan fingerprint density at radius 2 is 1.81 bits per heavy atom. The number of methoxy groups -OCH3 is 2. The molecule has 2 aromatic rings. The van der Waals surface area contributed by atoms with Crippen molar-refractivity contribution in [2.24, 2.45) is 0 Å². The zero-order valence-corrected chi connectivity index (χ0v) is 12.0. The van der Waals surface area contributed by atoms with Gasteiger partial charge in [0.15, 0.2) is 0 Å². The molecule has 0 saturated carbocycles. The molecule has 0 heterocycles. The Balaban J connectivity index is 1.99. The predicted molar refractivity (Wildman–Crippen MR) is 79.8 cm³/mol. The third-order valence-electron chi connectivity index (χ3n) is 2.86. The first kappa shape index (κ1) is 14.7. The van der Waals surface area contributed by atoms with Crippen LogP contribution in [0.15, 0.2) is 48.5 Å². The fourth-order valence-electron chi connectivity index (χ4n) is 1.78. The van der Waals surface area contributed by atoms with E-state index >= 15 is 0 Å². The van der Waals surface area contributed by atoms with Gasteiger partial charge in [-0.25, -0.2) is 4.79 Å². The molecule has 0 spiro atoms. The molecule has 0 aliphatic rings. The van der Waals surface area contributed by atoms with Crippen molar-refractivity contribution in [2.75, 3.05) is 19.5 Å². The summed E-state index contributed by atoms with van der Waals surface area (Å²) in [4.78, 5) is 11.8. The van der Waals surface area contributed by atoms with E-state index < -0.39 is 6.09 Å². The fraction of sp³-hybridized carbons (Fsp3) is 0.188. The minimum atomic E-state index is -0.551. The molecule has 1 amide bonds. The zero-order valence-electron chi connectivity index (χ0n) is 12.0. The molecule has 5 nitrogen and oxygen atoms in total. The van der Waals surface area contributed by atoms with E-state index in [-0.39, 0.29) is 6.61 Å². The van der Waals surface area contributed by atoms with Crippen LogP contribution < -0.4 is 14.8 Å². The molecule has 1 N–H and O–H groups in total. The number of amides is 1. The van der Waals surface area contributed by atoms with Gasteiger partial charge in [0.2, 0.25) is 0 Å². The number of benzene rings is 2. The lowest BCUT2D eigenvalue weighted by molar-refractivity contribution is 0.155. The van der Waals surface area contributed by atoms with Crippen LogP contribution in [0.5, 0.6) is 11.5 Å². The molecular formula is C16H17NO4. The molecular weight excluding hydrogens is 270 g/mol. The van der Waals surface area contributed by atoms with Crippen molar-refractivity contribution in [1.82, 2.24) is 0 Å². The average Bonchev–Trinajstić information content (AvgIpc) is 2.54. The molecule has 0 atom stereocenters. The highest BCUT2D eigenvalue weighted by molar-refractivity contribution is 5.87. The second-order valence-electron chi connectivity index (χ2n) is 4.25. The molecule has 0 radical (unpaired) electrons. The monoisotopic (exact) mass is 287 g/mol. The Hall–Kier alpha value is -2.69. The van der Waals surface area contributed by atoms with Gasteiger partial charge in [-0.15, -0.1) is 0 Å². The Kier molecular flexibility index (Phi) is 5.04. The van der Waals surface area contributed by atoms with Crippen LogP contribution in [-0.4, -0.2) is 20.3 Å². The number of carbonyl (C=O) groups excluding carboxylic acids is 1. The number of nitrogens with one attached hydrogen (secondary N) is 1. The highest BCUT2D eigenvalue weighted by atomic mass is 16.5. The number of rotatable bonds is 5. The lowest BCUT2D eigenvalue weighted by atomic mass is 10.2. The van der Waals surface area contributed by atoms with Crippen molar-refractivity contribution in [3.8, 4) is 11.5 Å². The van der Waals surface area contributed by atoms with Gasteiger partial charge in [0.25, 0.3) is 0 Å². The van der Waals surface area contributed by atoms with Gasteiger partial charge in [-0.05, 0) is 17.7 Å². The second-order valence-corrected chi connectivity index (χ2v) is 4.25. The Morgan fingerprint density at radius 1 is 1.05 bits per heavy atom. The molecule has 21 heavy (non-hydrogen) atoms. The third kappa shape index (κ3) is 4.14.